The number of nitrogens with two attached hydrogens (primary N) is 1. The van der Waals surface area contributed by atoms with Gasteiger partial charge in [0.05, 0.1) is 17.1 Å². The molecule has 3 N–H and O–H groups in total. The summed E-state index contributed by atoms with van der Waals surface area (Å²) in [6.07, 6.45) is -2.40. The molecule has 2 aromatic carbocycles. The normalized spacial score (nSPS) is 18.5. The van der Waals surface area contributed by atoms with E-state index in [0.29, 0.717) is 12.1 Å². The number of sulfonamides is 1. The Balaban J connectivity index is 1.75. The Hall–Kier alpha value is -3.16. The monoisotopic (exact) mass is 488 g/mol. The van der Waals surface area contributed by atoms with Gasteiger partial charge in [0.15, 0.2) is 17.4 Å². The minimum atomic E-state index is -4.49. The number of esters is 1. The lowest BCUT2D eigenvalue weighted by Gasteiger charge is -2.22. The fraction of sp³-hybridized carbons (Fsp3) is 0.300. The lowest BCUT2D eigenvalue weighted by Crippen LogP contribution is -2.44. The van der Waals surface area contributed by atoms with E-state index in [1.807, 2.05) is 0 Å². The molecule has 13 heteroatoms. The van der Waals surface area contributed by atoms with Crippen LogP contribution in [0.4, 0.5) is 18.9 Å². The molecule has 2 atom stereocenters. The Labute approximate surface area is 186 Å². The molecule has 1 aliphatic rings. The molecule has 3 rings (SSSR count). The van der Waals surface area contributed by atoms with Crippen molar-refractivity contribution in [1.82, 2.24) is 0 Å². The van der Waals surface area contributed by atoms with Crippen LogP contribution in [-0.4, -0.2) is 44.9 Å². The Kier molecular flexibility index (Phi) is 6.68. The molecule has 0 saturated carbocycles. The topological polar surface area (TPSA) is 134 Å². The van der Waals surface area contributed by atoms with Gasteiger partial charge in [0, 0.05) is 12.1 Å². The Morgan fingerprint density at radius 3 is 2.21 bits per heavy atom. The van der Waals surface area contributed by atoms with Crippen LogP contribution in [-0.2, 0) is 29.0 Å². The highest BCUT2D eigenvalue weighted by Gasteiger charge is 2.42. The average Bonchev–Trinajstić information content (AvgIpc) is 3.08. The van der Waals surface area contributed by atoms with Crippen LogP contribution in [0.1, 0.15) is 24.2 Å². The maximum absolute atomic E-state index is 13.8. The summed E-state index contributed by atoms with van der Waals surface area (Å²) in [6, 6.07) is 4.68. The quantitative estimate of drug-likeness (QED) is 0.570. The number of anilines is 1. The summed E-state index contributed by atoms with van der Waals surface area (Å²) in [7, 11) is -4.49. The molecule has 0 aromatic heterocycles. The number of halogens is 3. The predicted octanol–water partition coefficient (Wildman–Crippen LogP) is 2.07. The molecule has 0 spiro atoms. The molecule has 0 radical (unpaired) electrons. The maximum Gasteiger partial charge on any atom is 0.339 e. The van der Waals surface area contributed by atoms with E-state index in [-0.39, 0.29) is 12.2 Å². The lowest BCUT2D eigenvalue weighted by atomic mass is 10.2. The van der Waals surface area contributed by atoms with Crippen molar-refractivity contribution in [3.05, 3.63) is 59.4 Å². The second-order valence-electron chi connectivity index (χ2n) is 7.47. The molecule has 1 saturated heterocycles. The van der Waals surface area contributed by atoms with Crippen LogP contribution in [0, 0.1) is 17.5 Å². The van der Waals surface area contributed by atoms with Gasteiger partial charge >= 0.3 is 5.97 Å². The van der Waals surface area contributed by atoms with E-state index < -0.39 is 67.9 Å². The van der Waals surface area contributed by atoms with E-state index in [0.717, 1.165) is 24.3 Å². The summed E-state index contributed by atoms with van der Waals surface area (Å²) in [6.45, 7) is 3.15. The molecule has 1 heterocycles. The number of primary amides is 1. The predicted molar refractivity (Wildman–Crippen MR) is 107 cm³/mol. The van der Waals surface area contributed by atoms with Crippen molar-refractivity contribution in [2.45, 2.75) is 36.7 Å². The number of amides is 1. The smallest absolute Gasteiger partial charge is 0.339 e. The number of rotatable bonds is 7. The van der Waals surface area contributed by atoms with E-state index in [1.54, 1.807) is 18.6 Å². The standard InChI is InChI=1S/C20H19F3N2O7S/c1-20(2)30-9-15(32-20)17(18(24)26)31-19(27)10-3-5-12(6-4-10)33(28,29)25-16-13(22)7-11(21)8-14(16)23/h3-8,15,17,25H,9H2,1-2H3,(H2,24,26). The Morgan fingerprint density at radius 2 is 1.73 bits per heavy atom. The van der Waals surface area contributed by atoms with Crippen LogP contribution in [0.2, 0.25) is 0 Å². The first-order valence-corrected chi connectivity index (χ1v) is 10.9. The highest BCUT2D eigenvalue weighted by Crippen LogP contribution is 2.26. The summed E-state index contributed by atoms with van der Waals surface area (Å²) in [5.74, 6) is -7.09. The third-order valence-electron chi connectivity index (χ3n) is 4.53. The SMILES string of the molecule is CC1(C)OCC(C(OC(=O)c2ccc(S(=O)(=O)Nc3c(F)cc(F)cc3F)cc2)C(N)=O)O1. The molecule has 2 aromatic rings. The molecule has 9 nitrogen and oxygen atoms in total. The third kappa shape index (κ3) is 5.61. The van der Waals surface area contributed by atoms with Crippen LogP contribution >= 0.6 is 0 Å². The summed E-state index contributed by atoms with van der Waals surface area (Å²) < 4.78 is 83.0. The van der Waals surface area contributed by atoms with Crippen molar-refractivity contribution in [1.29, 1.82) is 0 Å². The number of carbonyl (C=O) groups is 2. The number of hydrogen-bond donors (Lipinski definition) is 2. The molecule has 0 aliphatic carbocycles. The van der Waals surface area contributed by atoms with Crippen molar-refractivity contribution < 1.29 is 45.4 Å². The molecule has 1 aliphatic heterocycles. The van der Waals surface area contributed by atoms with Crippen LogP contribution in [0.5, 0.6) is 0 Å². The van der Waals surface area contributed by atoms with Gasteiger partial charge in [0.25, 0.3) is 15.9 Å². The molecular formula is C20H19F3N2O7S. The van der Waals surface area contributed by atoms with Gasteiger partial charge in [-0.3, -0.25) is 9.52 Å². The van der Waals surface area contributed by atoms with Gasteiger partial charge in [-0.1, -0.05) is 0 Å². The van der Waals surface area contributed by atoms with Gasteiger partial charge in [0.1, 0.15) is 17.6 Å². The van der Waals surface area contributed by atoms with Crippen LogP contribution < -0.4 is 10.5 Å². The fourth-order valence-electron chi connectivity index (χ4n) is 2.97. The summed E-state index contributed by atoms with van der Waals surface area (Å²) in [4.78, 5) is 23.7. The van der Waals surface area contributed by atoms with Gasteiger partial charge in [-0.15, -0.1) is 0 Å². The summed E-state index contributed by atoms with van der Waals surface area (Å²) in [5, 5.41) is 0. The number of benzene rings is 2. The average molecular weight is 488 g/mol. The second kappa shape index (κ2) is 9.00. The zero-order chi connectivity index (χ0) is 24.6. The van der Waals surface area contributed by atoms with E-state index in [1.165, 1.54) is 0 Å². The van der Waals surface area contributed by atoms with Crippen LogP contribution in [0.25, 0.3) is 0 Å². The molecule has 1 fully saturated rings. The fourth-order valence-corrected chi connectivity index (χ4v) is 4.04. The van der Waals surface area contributed by atoms with Crippen LogP contribution in [0.3, 0.4) is 0 Å². The van der Waals surface area contributed by atoms with Gasteiger partial charge in [0.2, 0.25) is 6.10 Å². The van der Waals surface area contributed by atoms with Crippen molar-refractivity contribution >= 4 is 27.6 Å². The number of carbonyl (C=O) groups excluding carboxylic acids is 2. The molecule has 178 valence electrons. The van der Waals surface area contributed by atoms with Crippen molar-refractivity contribution in [3.63, 3.8) is 0 Å². The van der Waals surface area contributed by atoms with Gasteiger partial charge in [-0.05, 0) is 38.1 Å². The minimum absolute atomic E-state index is 0.0484. The van der Waals surface area contributed by atoms with Gasteiger partial charge < -0.3 is 19.9 Å². The number of nitrogens with one attached hydrogen (secondary N) is 1. The van der Waals surface area contributed by atoms with Crippen molar-refractivity contribution in [2.75, 3.05) is 11.3 Å². The first-order chi connectivity index (χ1) is 15.3. The van der Waals surface area contributed by atoms with Gasteiger partial charge in [-0.25, -0.2) is 26.4 Å². The van der Waals surface area contributed by atoms with E-state index in [2.05, 4.69) is 0 Å². The largest absolute Gasteiger partial charge is 0.446 e. The highest BCUT2D eigenvalue weighted by atomic mass is 32.2. The van der Waals surface area contributed by atoms with E-state index in [9.17, 15) is 31.2 Å². The number of hydrogen-bond acceptors (Lipinski definition) is 7. The van der Waals surface area contributed by atoms with Crippen molar-refractivity contribution in [3.8, 4) is 0 Å². The Morgan fingerprint density at radius 1 is 1.15 bits per heavy atom. The van der Waals surface area contributed by atoms with E-state index in [4.69, 9.17) is 19.9 Å². The molecule has 1 amide bonds. The zero-order valence-corrected chi connectivity index (χ0v) is 18.1. The zero-order valence-electron chi connectivity index (χ0n) is 17.3. The van der Waals surface area contributed by atoms with Crippen molar-refractivity contribution in [2.24, 2.45) is 5.73 Å². The molecular weight excluding hydrogens is 469 g/mol. The molecule has 33 heavy (non-hydrogen) atoms. The molecule has 0 bridgehead atoms. The summed E-state index contributed by atoms with van der Waals surface area (Å²) >= 11 is 0. The molecule has 2 unspecified atom stereocenters. The first-order valence-electron chi connectivity index (χ1n) is 9.38. The number of ether oxygens (including phenoxy) is 3. The second-order valence-corrected chi connectivity index (χ2v) is 9.15. The van der Waals surface area contributed by atoms with Crippen LogP contribution in [0.15, 0.2) is 41.3 Å². The van der Waals surface area contributed by atoms with E-state index >= 15 is 0 Å². The first kappa shape index (κ1) is 24.5. The lowest BCUT2D eigenvalue weighted by molar-refractivity contribution is -0.158. The van der Waals surface area contributed by atoms with Gasteiger partial charge in [-0.2, -0.15) is 0 Å². The summed E-state index contributed by atoms with van der Waals surface area (Å²) in [5.41, 5.74) is 4.09. The third-order valence-corrected chi connectivity index (χ3v) is 5.89. The Bertz CT molecular complexity index is 1160. The highest BCUT2D eigenvalue weighted by molar-refractivity contribution is 7.92. The maximum atomic E-state index is 13.8. The minimum Gasteiger partial charge on any atom is -0.446 e.